The number of aromatic nitrogens is 3. The number of hydrogen-bond acceptors (Lipinski definition) is 3. The molecule has 0 aliphatic rings. The Kier molecular flexibility index (Phi) is 3.83. The van der Waals surface area contributed by atoms with Crippen molar-refractivity contribution < 1.29 is 4.79 Å². The van der Waals surface area contributed by atoms with Gasteiger partial charge in [-0.25, -0.2) is 9.50 Å². The fourth-order valence-corrected chi connectivity index (χ4v) is 2.23. The minimum Gasteiger partial charge on any atom is -0.324 e. The number of fused-ring (bicyclic) bond motifs is 1. The molecule has 0 aliphatic carbocycles. The Hall–Kier alpha value is -1.91. The zero-order chi connectivity index (χ0) is 14.0. The van der Waals surface area contributed by atoms with E-state index in [9.17, 15) is 4.79 Å². The van der Waals surface area contributed by atoms with E-state index in [1.165, 1.54) is 0 Å². The molecule has 2 heterocycles. The maximum atomic E-state index is 12.1. The molecule has 1 amide bonds. The van der Waals surface area contributed by atoms with Crippen LogP contribution in [0.4, 0.5) is 5.69 Å². The fourth-order valence-electron chi connectivity index (χ4n) is 2.23. The van der Waals surface area contributed by atoms with Crippen LogP contribution < -0.4 is 5.32 Å². The second kappa shape index (κ2) is 5.38. The average Bonchev–Trinajstić information content (AvgIpc) is 2.72. The first-order valence-electron chi connectivity index (χ1n) is 6.69. The molecule has 0 unspecified atom stereocenters. The zero-order valence-corrected chi connectivity index (χ0v) is 11.9. The molecule has 2 aromatic heterocycles. The molecule has 1 N–H and O–H groups in total. The van der Waals surface area contributed by atoms with Crippen LogP contribution in [0.15, 0.2) is 12.3 Å². The Morgan fingerprint density at radius 1 is 1.37 bits per heavy atom. The molecule has 0 radical (unpaired) electrons. The normalized spacial score (nSPS) is 11.2. The first kappa shape index (κ1) is 13.5. The van der Waals surface area contributed by atoms with Gasteiger partial charge in [0.2, 0.25) is 5.91 Å². The van der Waals surface area contributed by atoms with Crippen LogP contribution in [0.25, 0.3) is 5.65 Å². The molecule has 0 aromatic carbocycles. The first-order chi connectivity index (χ1) is 9.05. The van der Waals surface area contributed by atoms with E-state index in [1.807, 2.05) is 40.0 Å². The van der Waals surface area contributed by atoms with Crippen LogP contribution in [0.1, 0.15) is 38.1 Å². The molecule has 0 atom stereocenters. The van der Waals surface area contributed by atoms with Crippen LogP contribution in [0.5, 0.6) is 0 Å². The Bertz CT molecular complexity index is 599. The maximum Gasteiger partial charge on any atom is 0.227 e. The molecule has 0 fully saturated rings. The summed E-state index contributed by atoms with van der Waals surface area (Å²) in [7, 11) is 0. The highest BCUT2D eigenvalue weighted by atomic mass is 16.1. The Labute approximate surface area is 113 Å². The zero-order valence-electron chi connectivity index (χ0n) is 11.9. The topological polar surface area (TPSA) is 59.3 Å². The fraction of sp³-hybridized carbons (Fsp3) is 0.500. The van der Waals surface area contributed by atoms with E-state index in [0.29, 0.717) is 0 Å². The van der Waals surface area contributed by atoms with Crippen molar-refractivity contribution in [2.75, 3.05) is 5.32 Å². The lowest BCUT2D eigenvalue weighted by atomic mass is 10.0. The number of pyridine rings is 1. The second-order valence-electron chi connectivity index (χ2n) is 4.84. The van der Waals surface area contributed by atoms with Crippen molar-refractivity contribution in [3.63, 3.8) is 0 Å². The van der Waals surface area contributed by atoms with Gasteiger partial charge >= 0.3 is 0 Å². The van der Waals surface area contributed by atoms with E-state index in [2.05, 4.69) is 15.4 Å². The first-order valence-corrected chi connectivity index (χ1v) is 6.69. The van der Waals surface area contributed by atoms with Gasteiger partial charge in [0.25, 0.3) is 0 Å². The van der Waals surface area contributed by atoms with Crippen molar-refractivity contribution in [2.45, 2.75) is 40.5 Å². The van der Waals surface area contributed by atoms with Crippen molar-refractivity contribution in [3.05, 3.63) is 23.7 Å². The maximum absolute atomic E-state index is 12.1. The number of nitrogens with zero attached hydrogens (tertiary/aromatic N) is 3. The number of amides is 1. The van der Waals surface area contributed by atoms with Crippen molar-refractivity contribution in [1.29, 1.82) is 0 Å². The van der Waals surface area contributed by atoms with E-state index < -0.39 is 0 Å². The summed E-state index contributed by atoms with van der Waals surface area (Å²) in [6, 6.07) is 1.93. The number of rotatable bonds is 4. The van der Waals surface area contributed by atoms with E-state index in [1.54, 1.807) is 4.52 Å². The van der Waals surface area contributed by atoms with Gasteiger partial charge in [-0.15, -0.1) is 0 Å². The van der Waals surface area contributed by atoms with Crippen molar-refractivity contribution in [2.24, 2.45) is 5.92 Å². The van der Waals surface area contributed by atoms with E-state index in [0.717, 1.165) is 35.6 Å². The Morgan fingerprint density at radius 2 is 2.05 bits per heavy atom. The highest BCUT2D eigenvalue weighted by Gasteiger charge is 2.15. The number of anilines is 1. The highest BCUT2D eigenvalue weighted by molar-refractivity contribution is 5.92. The summed E-state index contributed by atoms with van der Waals surface area (Å²) in [6.45, 7) is 7.89. The monoisotopic (exact) mass is 260 g/mol. The quantitative estimate of drug-likeness (QED) is 0.919. The second-order valence-corrected chi connectivity index (χ2v) is 4.84. The summed E-state index contributed by atoms with van der Waals surface area (Å²) in [6.07, 6.45) is 3.51. The molecular weight excluding hydrogens is 240 g/mol. The van der Waals surface area contributed by atoms with Gasteiger partial charge in [-0.2, -0.15) is 5.10 Å². The summed E-state index contributed by atoms with van der Waals surface area (Å²) in [4.78, 5) is 16.4. The molecule has 0 bridgehead atoms. The summed E-state index contributed by atoms with van der Waals surface area (Å²) in [5.74, 6) is 0.862. The SMILES string of the molecule is CCC(CC)C(=O)Nc1cc(C)c2nc(C)nn2c1. The van der Waals surface area contributed by atoms with Crippen LogP contribution in [-0.2, 0) is 4.79 Å². The number of carbonyl (C=O) groups is 1. The molecule has 5 nitrogen and oxygen atoms in total. The molecule has 0 aliphatic heterocycles. The van der Waals surface area contributed by atoms with Gasteiger partial charge in [0.15, 0.2) is 5.65 Å². The molecule has 2 rings (SSSR count). The number of aryl methyl sites for hydroxylation is 2. The van der Waals surface area contributed by atoms with E-state index in [4.69, 9.17) is 0 Å². The molecule has 102 valence electrons. The van der Waals surface area contributed by atoms with Gasteiger partial charge in [-0.3, -0.25) is 4.79 Å². The molecule has 0 spiro atoms. The van der Waals surface area contributed by atoms with Crippen LogP contribution in [0.3, 0.4) is 0 Å². The molecule has 0 saturated heterocycles. The van der Waals surface area contributed by atoms with Gasteiger partial charge in [-0.1, -0.05) is 13.8 Å². The van der Waals surface area contributed by atoms with Crippen LogP contribution in [0.2, 0.25) is 0 Å². The number of nitrogens with one attached hydrogen (secondary N) is 1. The summed E-state index contributed by atoms with van der Waals surface area (Å²) in [5, 5.41) is 7.24. The highest BCUT2D eigenvalue weighted by Crippen LogP contribution is 2.17. The van der Waals surface area contributed by atoms with Crippen molar-refractivity contribution in [3.8, 4) is 0 Å². The van der Waals surface area contributed by atoms with E-state index in [-0.39, 0.29) is 11.8 Å². The summed E-state index contributed by atoms with van der Waals surface area (Å²) >= 11 is 0. The van der Waals surface area contributed by atoms with Crippen molar-refractivity contribution in [1.82, 2.24) is 14.6 Å². The molecular formula is C14H20N4O. The third-order valence-corrected chi connectivity index (χ3v) is 3.35. The molecule has 0 saturated carbocycles. The van der Waals surface area contributed by atoms with Gasteiger partial charge < -0.3 is 5.32 Å². The molecule has 5 heteroatoms. The molecule has 19 heavy (non-hydrogen) atoms. The standard InChI is InChI=1S/C14H20N4O/c1-5-11(6-2)14(19)16-12-7-9(3)13-15-10(4)17-18(13)8-12/h7-8,11H,5-6H2,1-4H3,(H,16,19). The minimum absolute atomic E-state index is 0.0634. The average molecular weight is 260 g/mol. The lowest BCUT2D eigenvalue weighted by Crippen LogP contribution is -2.21. The van der Waals surface area contributed by atoms with Gasteiger partial charge in [-0.05, 0) is 38.3 Å². The Morgan fingerprint density at radius 3 is 2.68 bits per heavy atom. The van der Waals surface area contributed by atoms with Gasteiger partial charge in [0, 0.05) is 5.92 Å². The smallest absolute Gasteiger partial charge is 0.227 e. The van der Waals surface area contributed by atoms with Gasteiger partial charge in [0.05, 0.1) is 11.9 Å². The van der Waals surface area contributed by atoms with E-state index >= 15 is 0 Å². The van der Waals surface area contributed by atoms with Crippen LogP contribution in [-0.4, -0.2) is 20.5 Å². The third-order valence-electron chi connectivity index (χ3n) is 3.35. The largest absolute Gasteiger partial charge is 0.324 e. The summed E-state index contributed by atoms with van der Waals surface area (Å²) in [5.41, 5.74) is 2.60. The van der Waals surface area contributed by atoms with Crippen LogP contribution in [0, 0.1) is 19.8 Å². The van der Waals surface area contributed by atoms with Gasteiger partial charge in [0.1, 0.15) is 5.82 Å². The predicted octanol–water partition coefficient (Wildman–Crippen LogP) is 2.72. The number of hydrogen-bond donors (Lipinski definition) is 1. The lowest BCUT2D eigenvalue weighted by molar-refractivity contribution is -0.120. The summed E-state index contributed by atoms with van der Waals surface area (Å²) < 4.78 is 1.72. The van der Waals surface area contributed by atoms with Crippen LogP contribution >= 0.6 is 0 Å². The Balaban J connectivity index is 2.28. The van der Waals surface area contributed by atoms with Crippen molar-refractivity contribution >= 4 is 17.2 Å². The molecule has 2 aromatic rings. The minimum atomic E-state index is 0.0634. The number of carbonyl (C=O) groups excluding carboxylic acids is 1. The predicted molar refractivity (Wildman–Crippen MR) is 75.2 cm³/mol. The lowest BCUT2D eigenvalue weighted by Gasteiger charge is -2.13. The third kappa shape index (κ3) is 2.75.